The van der Waals surface area contributed by atoms with Crippen molar-refractivity contribution in [3.63, 3.8) is 0 Å². The number of hydrogen-bond donors (Lipinski definition) is 0. The maximum Gasteiger partial charge on any atom is 0.0259 e. The largest absolute Gasteiger partial charge is 0.251 e. The summed E-state index contributed by atoms with van der Waals surface area (Å²) in [5.41, 5.74) is 0. The van der Waals surface area contributed by atoms with Crippen LogP contribution in [0.5, 0.6) is 0 Å². The van der Waals surface area contributed by atoms with E-state index in [-0.39, 0.29) is 0 Å². The molecule has 0 aromatic carbocycles. The van der Waals surface area contributed by atoms with Crippen LogP contribution in [0, 0.1) is 0 Å². The molecule has 54 valence electrons. The molecule has 0 saturated carbocycles. The lowest BCUT2D eigenvalue weighted by Gasteiger charge is -2.14. The smallest absolute Gasteiger partial charge is 0.0259 e. The zero-order valence-electron chi connectivity index (χ0n) is 6.26. The highest BCUT2D eigenvalue weighted by Crippen LogP contribution is 2.07. The monoisotopic (exact) mass is 145 g/mol. The molecule has 0 heterocycles. The molecule has 9 heavy (non-hydrogen) atoms. The number of nitrogens with zero attached hydrogens (tertiary/aromatic N) is 1. The molecule has 0 aliphatic heterocycles. The first-order valence-corrected chi connectivity index (χ1v) is 4.28. The Hall–Kier alpha value is 0.0500. The Bertz CT molecular complexity index is 69.3. The van der Waals surface area contributed by atoms with Crippen molar-refractivity contribution in [1.82, 2.24) is 4.31 Å². The minimum Gasteiger partial charge on any atom is -0.251 e. The highest BCUT2D eigenvalue weighted by molar-refractivity contribution is 7.97. The maximum absolute atomic E-state index is 3.65. The van der Waals surface area contributed by atoms with Crippen LogP contribution in [0.15, 0.2) is 12.7 Å². The van der Waals surface area contributed by atoms with E-state index < -0.39 is 0 Å². The van der Waals surface area contributed by atoms with Crippen LogP contribution in [0.2, 0.25) is 0 Å². The van der Waals surface area contributed by atoms with Crippen molar-refractivity contribution >= 4 is 11.9 Å². The summed E-state index contributed by atoms with van der Waals surface area (Å²) in [6, 6.07) is 0. The molecule has 0 spiro atoms. The molecule has 0 aromatic heterocycles. The van der Waals surface area contributed by atoms with Crippen LogP contribution >= 0.6 is 11.9 Å². The second-order valence-electron chi connectivity index (χ2n) is 1.70. The van der Waals surface area contributed by atoms with Crippen LogP contribution in [0.3, 0.4) is 0 Å². The summed E-state index contributed by atoms with van der Waals surface area (Å²) in [5, 5.41) is 0. The van der Waals surface area contributed by atoms with E-state index in [1.807, 2.05) is 18.0 Å². The summed E-state index contributed by atoms with van der Waals surface area (Å²) >= 11 is 1.84. The SMILES string of the molecule is C=CCSN(CC)CC. The molecule has 0 N–H and O–H groups in total. The highest BCUT2D eigenvalue weighted by Gasteiger charge is 1.94. The Kier molecular flexibility index (Phi) is 6.21. The van der Waals surface area contributed by atoms with Crippen molar-refractivity contribution in [2.75, 3.05) is 18.8 Å². The van der Waals surface area contributed by atoms with Gasteiger partial charge in [-0.05, 0) is 0 Å². The Morgan fingerprint density at radius 2 is 2.00 bits per heavy atom. The molecule has 0 saturated heterocycles. The number of rotatable bonds is 5. The average molecular weight is 145 g/mol. The summed E-state index contributed by atoms with van der Waals surface area (Å²) in [4.78, 5) is 0. The molecule has 0 rings (SSSR count). The summed E-state index contributed by atoms with van der Waals surface area (Å²) in [6.07, 6.45) is 1.93. The van der Waals surface area contributed by atoms with Crippen molar-refractivity contribution in [1.29, 1.82) is 0 Å². The van der Waals surface area contributed by atoms with Gasteiger partial charge in [0.05, 0.1) is 0 Å². The van der Waals surface area contributed by atoms with Crippen molar-refractivity contribution in [2.24, 2.45) is 0 Å². The van der Waals surface area contributed by atoms with Gasteiger partial charge < -0.3 is 0 Å². The lowest BCUT2D eigenvalue weighted by atomic mass is 10.7. The molecule has 0 unspecified atom stereocenters. The first-order chi connectivity index (χ1) is 4.35. The van der Waals surface area contributed by atoms with Gasteiger partial charge in [0.1, 0.15) is 0 Å². The molecule has 0 amide bonds. The second kappa shape index (κ2) is 6.17. The zero-order chi connectivity index (χ0) is 7.11. The Morgan fingerprint density at radius 3 is 2.33 bits per heavy atom. The van der Waals surface area contributed by atoms with Gasteiger partial charge in [-0.15, -0.1) is 6.58 Å². The standard InChI is InChI=1S/C7H15NS/c1-4-7-9-8(5-2)6-3/h4H,1,5-7H2,2-3H3. The summed E-state index contributed by atoms with van der Waals surface area (Å²) in [7, 11) is 0. The topological polar surface area (TPSA) is 3.24 Å². The Labute approximate surface area is 62.3 Å². The molecular weight excluding hydrogens is 130 g/mol. The van der Waals surface area contributed by atoms with Crippen LogP contribution < -0.4 is 0 Å². The van der Waals surface area contributed by atoms with Gasteiger partial charge in [-0.25, -0.2) is 0 Å². The molecular formula is C7H15NS. The first-order valence-electron chi connectivity index (χ1n) is 3.33. The van der Waals surface area contributed by atoms with Gasteiger partial charge in [0.2, 0.25) is 0 Å². The third-order valence-electron chi connectivity index (χ3n) is 1.08. The van der Waals surface area contributed by atoms with Crippen LogP contribution in [0.1, 0.15) is 13.8 Å². The van der Waals surface area contributed by atoms with E-state index in [1.165, 1.54) is 0 Å². The van der Waals surface area contributed by atoms with Crippen LogP contribution in [-0.2, 0) is 0 Å². The van der Waals surface area contributed by atoms with Crippen LogP contribution in [-0.4, -0.2) is 23.1 Å². The Balaban J connectivity index is 3.19. The van der Waals surface area contributed by atoms with Crippen molar-refractivity contribution in [3.8, 4) is 0 Å². The lowest BCUT2D eigenvalue weighted by molar-refractivity contribution is 0.526. The molecule has 0 radical (unpaired) electrons. The molecule has 2 heteroatoms. The minimum absolute atomic E-state index is 1.03. The third kappa shape index (κ3) is 4.55. The van der Waals surface area contributed by atoms with Gasteiger partial charge >= 0.3 is 0 Å². The quantitative estimate of drug-likeness (QED) is 0.431. The predicted octanol–water partition coefficient (Wildman–Crippen LogP) is 2.16. The fourth-order valence-corrected chi connectivity index (χ4v) is 1.25. The molecule has 0 bridgehead atoms. The second-order valence-corrected chi connectivity index (χ2v) is 2.81. The van der Waals surface area contributed by atoms with E-state index in [0.717, 1.165) is 18.8 Å². The van der Waals surface area contributed by atoms with Crippen molar-refractivity contribution in [3.05, 3.63) is 12.7 Å². The van der Waals surface area contributed by atoms with E-state index in [1.54, 1.807) is 0 Å². The maximum atomic E-state index is 3.65. The highest BCUT2D eigenvalue weighted by atomic mass is 32.2. The fourth-order valence-electron chi connectivity index (χ4n) is 0.564. The van der Waals surface area contributed by atoms with E-state index in [9.17, 15) is 0 Å². The summed E-state index contributed by atoms with van der Waals surface area (Å²) < 4.78 is 2.31. The molecule has 1 nitrogen and oxygen atoms in total. The zero-order valence-corrected chi connectivity index (χ0v) is 7.08. The third-order valence-corrected chi connectivity index (χ3v) is 2.35. The minimum atomic E-state index is 1.03. The van der Waals surface area contributed by atoms with Crippen molar-refractivity contribution in [2.45, 2.75) is 13.8 Å². The molecule has 0 fully saturated rings. The van der Waals surface area contributed by atoms with Crippen molar-refractivity contribution < 1.29 is 0 Å². The van der Waals surface area contributed by atoms with E-state index in [4.69, 9.17) is 0 Å². The van der Waals surface area contributed by atoms with Gasteiger partial charge in [-0.3, -0.25) is 4.31 Å². The van der Waals surface area contributed by atoms with Gasteiger partial charge in [0, 0.05) is 18.8 Å². The van der Waals surface area contributed by atoms with Gasteiger partial charge in [-0.1, -0.05) is 31.9 Å². The molecule has 0 aliphatic rings. The van der Waals surface area contributed by atoms with E-state index in [0.29, 0.717) is 0 Å². The fraction of sp³-hybridized carbons (Fsp3) is 0.714. The first kappa shape index (κ1) is 9.05. The average Bonchev–Trinajstić information content (AvgIpc) is 1.91. The van der Waals surface area contributed by atoms with Gasteiger partial charge in [0.15, 0.2) is 0 Å². The number of hydrogen-bond acceptors (Lipinski definition) is 2. The summed E-state index contributed by atoms with van der Waals surface area (Å²) in [6.45, 7) is 10.2. The summed E-state index contributed by atoms with van der Waals surface area (Å²) in [5.74, 6) is 1.03. The molecule has 0 aliphatic carbocycles. The van der Waals surface area contributed by atoms with E-state index >= 15 is 0 Å². The molecule has 0 aromatic rings. The predicted molar refractivity (Wildman–Crippen MR) is 45.6 cm³/mol. The van der Waals surface area contributed by atoms with Gasteiger partial charge in [0.25, 0.3) is 0 Å². The van der Waals surface area contributed by atoms with Crippen LogP contribution in [0.4, 0.5) is 0 Å². The van der Waals surface area contributed by atoms with E-state index in [2.05, 4.69) is 24.7 Å². The lowest BCUT2D eigenvalue weighted by Crippen LogP contribution is -2.13. The van der Waals surface area contributed by atoms with Gasteiger partial charge in [-0.2, -0.15) is 0 Å². The molecule has 0 atom stereocenters. The van der Waals surface area contributed by atoms with Crippen LogP contribution in [0.25, 0.3) is 0 Å². The normalized spacial score (nSPS) is 10.1. The Morgan fingerprint density at radius 1 is 1.44 bits per heavy atom.